The minimum Gasteiger partial charge on any atom is -0.491 e. The van der Waals surface area contributed by atoms with Crippen molar-refractivity contribution in [3.05, 3.63) is 71.3 Å². The van der Waals surface area contributed by atoms with Crippen molar-refractivity contribution in [3.63, 3.8) is 0 Å². The molecular formula is C34H40N4O8. The number of anilines is 1. The molecule has 46 heavy (non-hydrogen) atoms. The number of amides is 2. The number of aromatic nitrogens is 2. The molecule has 0 spiro atoms. The number of likely N-dealkylation sites (tertiary alicyclic amines) is 1. The van der Waals surface area contributed by atoms with Crippen LogP contribution in [0, 0.1) is 0 Å². The summed E-state index contributed by atoms with van der Waals surface area (Å²) in [7, 11) is 1.67. The Bertz CT molecular complexity index is 1750. The number of nitrogens with zero attached hydrogens (tertiary/aromatic N) is 2. The lowest BCUT2D eigenvalue weighted by Crippen LogP contribution is -2.43. The third-order valence-corrected chi connectivity index (χ3v) is 7.42. The maximum atomic E-state index is 12.7. The molecule has 12 nitrogen and oxygen atoms in total. The minimum absolute atomic E-state index is 0.0458. The van der Waals surface area contributed by atoms with Crippen molar-refractivity contribution in [2.75, 3.05) is 38.2 Å². The topological polar surface area (TPSA) is 144 Å². The number of hydrogen-bond donors (Lipinski definition) is 3. The fraction of sp³-hybridized carbons (Fsp3) is 0.382. The molecule has 3 N–H and O–H groups in total. The molecule has 2 aromatic heterocycles. The zero-order valence-electron chi connectivity index (χ0n) is 26.5. The number of carbonyl (C=O) groups is 2. The highest BCUT2D eigenvalue weighted by molar-refractivity contribution is 5.98. The van der Waals surface area contributed by atoms with Crippen molar-refractivity contribution >= 4 is 28.6 Å². The summed E-state index contributed by atoms with van der Waals surface area (Å²) < 4.78 is 25.2. The first kappa shape index (κ1) is 32.6. The van der Waals surface area contributed by atoms with Crippen molar-refractivity contribution in [3.8, 4) is 28.4 Å². The molecule has 4 aromatic rings. The molecule has 244 valence electrons. The summed E-state index contributed by atoms with van der Waals surface area (Å²) in [6.07, 6.45) is 4.64. The normalized spacial score (nSPS) is 13.9. The van der Waals surface area contributed by atoms with E-state index in [1.54, 1.807) is 54.7 Å². The van der Waals surface area contributed by atoms with Crippen molar-refractivity contribution in [2.45, 2.75) is 45.3 Å². The van der Waals surface area contributed by atoms with Crippen LogP contribution in [0.3, 0.4) is 0 Å². The molecule has 0 saturated carbocycles. The maximum Gasteiger partial charge on any atom is 0.410 e. The van der Waals surface area contributed by atoms with Gasteiger partial charge in [-0.05, 0) is 70.0 Å². The standard InChI is InChI=1S/C34H40N4O8/c1-34(2,3)46-33(42)38-14-11-23(12-15-38)43-16-17-44-24-6-5-7-25(19-24)45-29-9-8-22(36-30(40)21-39)18-27(29)28-20-37(4)32(41)31-26(28)10-13-35-31/h5-10,13,18-20,23,35,39H,11-12,14-17,21H2,1-4H3,(H,36,40). The summed E-state index contributed by atoms with van der Waals surface area (Å²) in [6, 6.07) is 14.2. The number of aromatic amines is 1. The summed E-state index contributed by atoms with van der Waals surface area (Å²) in [5.41, 5.74) is 1.57. The van der Waals surface area contributed by atoms with Crippen molar-refractivity contribution in [1.82, 2.24) is 14.5 Å². The smallest absolute Gasteiger partial charge is 0.410 e. The number of hydrogen-bond acceptors (Lipinski definition) is 8. The average Bonchev–Trinajstić information content (AvgIpc) is 3.52. The van der Waals surface area contributed by atoms with Gasteiger partial charge in [-0.3, -0.25) is 9.59 Å². The first-order valence-electron chi connectivity index (χ1n) is 15.2. The lowest BCUT2D eigenvalue weighted by molar-refractivity contribution is -0.118. The highest BCUT2D eigenvalue weighted by Gasteiger charge is 2.27. The molecule has 1 saturated heterocycles. The SMILES string of the molecule is Cn1cc(-c2cc(NC(=O)CO)ccc2Oc2cccc(OCCOC3CCN(C(=O)OC(C)(C)C)CC3)c2)c2cc[nH]c2c1=O. The first-order valence-corrected chi connectivity index (χ1v) is 15.2. The molecule has 2 aromatic carbocycles. The van der Waals surface area contributed by atoms with E-state index in [2.05, 4.69) is 10.3 Å². The quantitative estimate of drug-likeness (QED) is 0.206. The molecule has 0 unspecified atom stereocenters. The number of fused-ring (bicyclic) bond motifs is 1. The molecular weight excluding hydrogens is 592 g/mol. The lowest BCUT2D eigenvalue weighted by atomic mass is 10.0. The second-order valence-electron chi connectivity index (χ2n) is 12.1. The Morgan fingerprint density at radius 3 is 2.52 bits per heavy atom. The number of aliphatic hydroxyl groups is 1. The molecule has 1 fully saturated rings. The van der Waals surface area contributed by atoms with Crippen LogP contribution >= 0.6 is 0 Å². The van der Waals surface area contributed by atoms with Gasteiger partial charge in [0.05, 0.1) is 12.7 Å². The molecule has 5 rings (SSSR count). The van der Waals surface area contributed by atoms with Crippen molar-refractivity contribution in [1.29, 1.82) is 0 Å². The number of aryl methyl sites for hydroxylation is 1. The second-order valence-corrected chi connectivity index (χ2v) is 12.1. The molecule has 0 aliphatic carbocycles. The van der Waals surface area contributed by atoms with Gasteiger partial charge < -0.3 is 43.8 Å². The Morgan fingerprint density at radius 2 is 1.78 bits per heavy atom. The molecule has 3 heterocycles. The predicted octanol–water partition coefficient (Wildman–Crippen LogP) is 5.05. The van der Waals surface area contributed by atoms with Crippen LogP contribution in [-0.4, -0.2) is 76.2 Å². The molecule has 2 amide bonds. The van der Waals surface area contributed by atoms with Crippen LogP contribution in [0.25, 0.3) is 22.0 Å². The van der Waals surface area contributed by atoms with Gasteiger partial charge >= 0.3 is 6.09 Å². The number of nitrogens with one attached hydrogen (secondary N) is 2. The predicted molar refractivity (Wildman–Crippen MR) is 173 cm³/mol. The van der Waals surface area contributed by atoms with Crippen LogP contribution < -0.4 is 20.3 Å². The zero-order chi connectivity index (χ0) is 32.8. The Morgan fingerprint density at radius 1 is 1.02 bits per heavy atom. The van der Waals surface area contributed by atoms with E-state index in [0.29, 0.717) is 65.7 Å². The Hall–Kier alpha value is -4.81. The average molecular weight is 633 g/mol. The molecule has 0 radical (unpaired) electrons. The monoisotopic (exact) mass is 632 g/mol. The molecule has 0 bridgehead atoms. The van der Waals surface area contributed by atoms with Crippen LogP contribution in [0.1, 0.15) is 33.6 Å². The van der Waals surface area contributed by atoms with Gasteiger partial charge in [-0.25, -0.2) is 4.79 Å². The van der Waals surface area contributed by atoms with E-state index in [0.717, 1.165) is 18.4 Å². The number of ether oxygens (including phenoxy) is 4. The van der Waals surface area contributed by atoms with Gasteiger partial charge in [0, 0.05) is 60.8 Å². The van der Waals surface area contributed by atoms with E-state index in [1.807, 2.05) is 39.0 Å². The number of H-pyrrole nitrogens is 1. The van der Waals surface area contributed by atoms with Crippen molar-refractivity contribution < 1.29 is 33.6 Å². The van der Waals surface area contributed by atoms with Gasteiger partial charge in [-0.15, -0.1) is 0 Å². The number of pyridine rings is 1. The van der Waals surface area contributed by atoms with Crippen LogP contribution in [-0.2, 0) is 21.3 Å². The van der Waals surface area contributed by atoms with Crippen molar-refractivity contribution in [2.24, 2.45) is 7.05 Å². The third kappa shape index (κ3) is 8.06. The summed E-state index contributed by atoms with van der Waals surface area (Å²) >= 11 is 0. The van der Waals surface area contributed by atoms with E-state index in [-0.39, 0.29) is 17.8 Å². The third-order valence-electron chi connectivity index (χ3n) is 7.42. The van der Waals surface area contributed by atoms with Crippen LogP contribution in [0.4, 0.5) is 10.5 Å². The van der Waals surface area contributed by atoms with E-state index < -0.39 is 18.1 Å². The van der Waals surface area contributed by atoms with Gasteiger partial charge in [-0.2, -0.15) is 0 Å². The first-order chi connectivity index (χ1) is 22.0. The van der Waals surface area contributed by atoms with E-state index in [1.165, 1.54) is 4.57 Å². The maximum absolute atomic E-state index is 12.7. The van der Waals surface area contributed by atoms with E-state index in [9.17, 15) is 19.5 Å². The number of piperidine rings is 1. The molecule has 1 aliphatic heterocycles. The largest absolute Gasteiger partial charge is 0.491 e. The van der Waals surface area contributed by atoms with Gasteiger partial charge in [-0.1, -0.05) is 6.07 Å². The minimum atomic E-state index is -0.652. The summed E-state index contributed by atoms with van der Waals surface area (Å²) in [5.74, 6) is 1.06. The molecule has 0 atom stereocenters. The van der Waals surface area contributed by atoms with E-state index >= 15 is 0 Å². The summed E-state index contributed by atoms with van der Waals surface area (Å²) in [5, 5.41) is 12.6. The number of rotatable bonds is 10. The highest BCUT2D eigenvalue weighted by Crippen LogP contribution is 2.39. The van der Waals surface area contributed by atoms with Crippen LogP contribution in [0.2, 0.25) is 0 Å². The fourth-order valence-electron chi connectivity index (χ4n) is 5.25. The number of benzene rings is 2. The summed E-state index contributed by atoms with van der Waals surface area (Å²) in [6.45, 7) is 6.83. The van der Waals surface area contributed by atoms with Gasteiger partial charge in [0.25, 0.3) is 5.56 Å². The zero-order valence-corrected chi connectivity index (χ0v) is 26.5. The lowest BCUT2D eigenvalue weighted by Gasteiger charge is -2.33. The second kappa shape index (κ2) is 14.1. The van der Waals surface area contributed by atoms with Gasteiger partial charge in [0.15, 0.2) is 0 Å². The fourth-order valence-corrected chi connectivity index (χ4v) is 5.25. The number of aliphatic hydroxyl groups excluding tert-OH is 1. The molecule has 1 aliphatic rings. The van der Waals surface area contributed by atoms with Crippen LogP contribution in [0.15, 0.2) is 65.7 Å². The van der Waals surface area contributed by atoms with Crippen LogP contribution in [0.5, 0.6) is 17.2 Å². The highest BCUT2D eigenvalue weighted by atomic mass is 16.6. The Balaban J connectivity index is 1.24. The number of carbonyl (C=O) groups excluding carboxylic acids is 2. The van der Waals surface area contributed by atoms with Gasteiger partial charge in [0.1, 0.15) is 41.6 Å². The molecule has 12 heteroatoms. The van der Waals surface area contributed by atoms with E-state index in [4.69, 9.17) is 18.9 Å². The van der Waals surface area contributed by atoms with Gasteiger partial charge in [0.2, 0.25) is 5.91 Å². The summed E-state index contributed by atoms with van der Waals surface area (Å²) in [4.78, 5) is 41.6. The Labute approximate surface area is 266 Å². The Kier molecular flexibility index (Phi) is 9.98.